The van der Waals surface area contributed by atoms with E-state index in [0.29, 0.717) is 0 Å². The zero-order chi connectivity index (χ0) is 14.1. The highest BCUT2D eigenvalue weighted by Gasteiger charge is 2.61. The van der Waals surface area contributed by atoms with Gasteiger partial charge in [0, 0.05) is 0 Å². The third-order valence-electron chi connectivity index (χ3n) is 2.29. The molecule has 9 heteroatoms. The highest BCUT2D eigenvalue weighted by Crippen LogP contribution is 2.43. The van der Waals surface area contributed by atoms with Gasteiger partial charge in [-0.2, -0.15) is 22.0 Å². The summed E-state index contributed by atoms with van der Waals surface area (Å²) in [6.45, 7) is 0. The van der Waals surface area contributed by atoms with Gasteiger partial charge < -0.3 is 10.8 Å². The molecule has 108 valence electrons. The molecule has 1 aromatic rings. The minimum Gasteiger partial charge on any atom is -0.478 e. The molecule has 19 heavy (non-hydrogen) atoms. The molecule has 0 bridgehead atoms. The predicted molar refractivity (Wildman–Crippen MR) is 58.6 cm³/mol. The Labute approximate surface area is 110 Å². The van der Waals surface area contributed by atoms with Gasteiger partial charge in [0.15, 0.2) is 0 Å². The van der Waals surface area contributed by atoms with Crippen LogP contribution in [-0.4, -0.2) is 23.2 Å². The summed E-state index contributed by atoms with van der Waals surface area (Å²) in [6.07, 6.45) is -5.77. The number of nitrogens with two attached hydrogens (primary N) is 1. The lowest BCUT2D eigenvalue weighted by Gasteiger charge is -2.25. The number of carboxylic acid groups (broad SMARTS) is 1. The van der Waals surface area contributed by atoms with Gasteiger partial charge in [-0.3, -0.25) is 0 Å². The Morgan fingerprint density at radius 1 is 1.11 bits per heavy atom. The summed E-state index contributed by atoms with van der Waals surface area (Å²) in [4.78, 5) is 10.5. The highest BCUT2D eigenvalue weighted by molar-refractivity contribution is 5.87. The van der Waals surface area contributed by atoms with Crippen LogP contribution >= 0.6 is 12.4 Å². The number of halogens is 6. The lowest BCUT2D eigenvalue weighted by molar-refractivity contribution is -0.291. The molecule has 3 N–H and O–H groups in total. The van der Waals surface area contributed by atoms with Crippen molar-refractivity contribution in [1.82, 2.24) is 0 Å². The molecule has 3 nitrogen and oxygen atoms in total. The first-order chi connectivity index (χ1) is 8.07. The van der Waals surface area contributed by atoms with Crippen LogP contribution in [0.2, 0.25) is 0 Å². The quantitative estimate of drug-likeness (QED) is 0.844. The zero-order valence-electron chi connectivity index (χ0n) is 9.12. The normalized spacial score (nSPS) is 13.6. The van der Waals surface area contributed by atoms with Gasteiger partial charge in [0.1, 0.15) is 6.04 Å². The van der Waals surface area contributed by atoms with Crippen molar-refractivity contribution in [3.05, 3.63) is 35.4 Å². The molecule has 0 aromatic heterocycles. The molecule has 0 saturated carbocycles. The van der Waals surface area contributed by atoms with Gasteiger partial charge in [0.05, 0.1) is 5.56 Å². The first-order valence-electron chi connectivity index (χ1n) is 4.60. The summed E-state index contributed by atoms with van der Waals surface area (Å²) >= 11 is 0. The molecule has 1 aromatic carbocycles. The summed E-state index contributed by atoms with van der Waals surface area (Å²) in [5, 5.41) is 8.54. The Hall–Kier alpha value is -1.41. The molecule has 0 aliphatic heterocycles. The maximum absolute atomic E-state index is 12.9. The second kappa shape index (κ2) is 5.70. The van der Waals surface area contributed by atoms with Crippen LogP contribution in [0, 0.1) is 0 Å². The SMILES string of the molecule is Cl.N[C@@H](c1ccc(C(=O)O)cc1)C(F)(F)C(F)(F)F. The van der Waals surface area contributed by atoms with Crippen LogP contribution in [0.4, 0.5) is 22.0 Å². The second-order valence-electron chi connectivity index (χ2n) is 3.53. The van der Waals surface area contributed by atoms with Gasteiger partial charge in [-0.1, -0.05) is 12.1 Å². The maximum atomic E-state index is 12.9. The van der Waals surface area contributed by atoms with Crippen molar-refractivity contribution in [2.24, 2.45) is 5.73 Å². The Bertz CT molecular complexity index is 446. The average Bonchev–Trinajstić information content (AvgIpc) is 2.26. The number of hydrogen-bond acceptors (Lipinski definition) is 2. The predicted octanol–water partition coefficient (Wildman–Crippen LogP) is 3.00. The Morgan fingerprint density at radius 2 is 1.53 bits per heavy atom. The molecular weight excluding hydrogens is 297 g/mol. The zero-order valence-corrected chi connectivity index (χ0v) is 9.93. The van der Waals surface area contributed by atoms with Gasteiger partial charge in [0.2, 0.25) is 0 Å². The van der Waals surface area contributed by atoms with Gasteiger partial charge in [-0.25, -0.2) is 4.79 Å². The van der Waals surface area contributed by atoms with E-state index in [9.17, 15) is 26.7 Å². The van der Waals surface area contributed by atoms with Gasteiger partial charge in [-0.05, 0) is 17.7 Å². The van der Waals surface area contributed by atoms with Crippen LogP contribution in [0.25, 0.3) is 0 Å². The molecule has 0 spiro atoms. The van der Waals surface area contributed by atoms with Crippen molar-refractivity contribution in [3.63, 3.8) is 0 Å². The van der Waals surface area contributed by atoms with E-state index in [1.165, 1.54) is 0 Å². The molecule has 0 radical (unpaired) electrons. The molecular formula is C10H9ClF5NO2. The van der Waals surface area contributed by atoms with E-state index in [0.717, 1.165) is 24.3 Å². The monoisotopic (exact) mass is 305 g/mol. The summed E-state index contributed by atoms with van der Waals surface area (Å²) in [6, 6.07) is 0.885. The van der Waals surface area contributed by atoms with Crippen LogP contribution in [-0.2, 0) is 0 Å². The van der Waals surface area contributed by atoms with E-state index in [2.05, 4.69) is 0 Å². The topological polar surface area (TPSA) is 63.3 Å². The fourth-order valence-electron chi connectivity index (χ4n) is 1.22. The van der Waals surface area contributed by atoms with E-state index in [-0.39, 0.29) is 18.0 Å². The van der Waals surface area contributed by atoms with E-state index >= 15 is 0 Å². The molecule has 0 saturated heterocycles. The van der Waals surface area contributed by atoms with E-state index in [1.807, 2.05) is 0 Å². The molecule has 0 fully saturated rings. The third-order valence-corrected chi connectivity index (χ3v) is 2.29. The fourth-order valence-corrected chi connectivity index (χ4v) is 1.22. The Morgan fingerprint density at radius 3 is 1.84 bits per heavy atom. The number of carboxylic acids is 1. The van der Waals surface area contributed by atoms with Crippen molar-refractivity contribution in [1.29, 1.82) is 0 Å². The number of aromatic carboxylic acids is 1. The highest BCUT2D eigenvalue weighted by atomic mass is 35.5. The van der Waals surface area contributed by atoms with E-state index in [1.54, 1.807) is 0 Å². The summed E-state index contributed by atoms with van der Waals surface area (Å²) in [7, 11) is 0. The van der Waals surface area contributed by atoms with Crippen LogP contribution < -0.4 is 5.73 Å². The molecule has 0 amide bonds. The van der Waals surface area contributed by atoms with Crippen LogP contribution in [0.1, 0.15) is 22.0 Å². The standard InChI is InChI=1S/C10H8F5NO2.ClH/c11-9(12,10(13,14)15)7(16)5-1-3-6(4-2-5)8(17)18;/h1-4,7H,16H2,(H,17,18);1H/t7-;/m0./s1. The van der Waals surface area contributed by atoms with Gasteiger partial charge in [0.25, 0.3) is 0 Å². The Kier molecular flexibility index (Phi) is 5.28. The Balaban J connectivity index is 0.00000324. The van der Waals surface area contributed by atoms with Crippen molar-refractivity contribution in [2.75, 3.05) is 0 Å². The summed E-state index contributed by atoms with van der Waals surface area (Å²) < 4.78 is 62.0. The van der Waals surface area contributed by atoms with Crippen molar-refractivity contribution in [3.8, 4) is 0 Å². The molecule has 0 unspecified atom stereocenters. The van der Waals surface area contributed by atoms with Crippen molar-refractivity contribution >= 4 is 18.4 Å². The molecule has 1 atom stereocenters. The number of alkyl halides is 5. The lowest BCUT2D eigenvalue weighted by Crippen LogP contribution is -2.45. The minimum absolute atomic E-state index is 0. The number of hydrogen-bond donors (Lipinski definition) is 2. The smallest absolute Gasteiger partial charge is 0.455 e. The van der Waals surface area contributed by atoms with Gasteiger partial charge >= 0.3 is 18.1 Å². The van der Waals surface area contributed by atoms with Crippen LogP contribution in [0.15, 0.2) is 24.3 Å². The summed E-state index contributed by atoms with van der Waals surface area (Å²) in [5.74, 6) is -6.41. The first-order valence-corrected chi connectivity index (χ1v) is 4.60. The van der Waals surface area contributed by atoms with Crippen molar-refractivity contribution < 1.29 is 31.9 Å². The minimum atomic E-state index is -5.77. The number of benzene rings is 1. The summed E-state index contributed by atoms with van der Waals surface area (Å²) in [5.41, 5.74) is 4.13. The van der Waals surface area contributed by atoms with Crippen LogP contribution in [0.3, 0.4) is 0 Å². The van der Waals surface area contributed by atoms with Crippen molar-refractivity contribution in [2.45, 2.75) is 18.1 Å². The molecule has 0 aliphatic rings. The number of carbonyl (C=O) groups is 1. The third kappa shape index (κ3) is 3.54. The van der Waals surface area contributed by atoms with E-state index < -0.39 is 29.7 Å². The number of rotatable bonds is 3. The maximum Gasteiger partial charge on any atom is 0.455 e. The van der Waals surface area contributed by atoms with E-state index in [4.69, 9.17) is 10.8 Å². The van der Waals surface area contributed by atoms with Crippen LogP contribution in [0.5, 0.6) is 0 Å². The molecule has 0 aliphatic carbocycles. The van der Waals surface area contributed by atoms with Gasteiger partial charge in [-0.15, -0.1) is 12.4 Å². The largest absolute Gasteiger partial charge is 0.478 e. The average molecular weight is 306 g/mol. The fraction of sp³-hybridized carbons (Fsp3) is 0.300. The molecule has 1 rings (SSSR count). The first kappa shape index (κ1) is 17.6. The lowest BCUT2D eigenvalue weighted by atomic mass is 10.00. The second-order valence-corrected chi connectivity index (χ2v) is 3.53. The molecule has 0 heterocycles.